The maximum absolute atomic E-state index is 12.3. The highest BCUT2D eigenvalue weighted by molar-refractivity contribution is 9.10. The quantitative estimate of drug-likeness (QED) is 0.782. The van der Waals surface area contributed by atoms with E-state index in [1.165, 1.54) is 9.80 Å². The Hall–Kier alpha value is -1.81. The van der Waals surface area contributed by atoms with Crippen molar-refractivity contribution in [1.29, 1.82) is 0 Å². The van der Waals surface area contributed by atoms with E-state index in [-0.39, 0.29) is 38.6 Å². The fourth-order valence-electron chi connectivity index (χ4n) is 2.39. The molecule has 138 valence electrons. The summed E-state index contributed by atoms with van der Waals surface area (Å²) in [6.45, 7) is -0.424. The van der Waals surface area contributed by atoms with Crippen LogP contribution in [0.2, 0.25) is 0 Å². The molecule has 0 spiro atoms. The van der Waals surface area contributed by atoms with E-state index < -0.39 is 18.8 Å². The number of carbonyl (C=O) groups is 2. The van der Waals surface area contributed by atoms with Crippen LogP contribution >= 0.6 is 15.9 Å². The molecule has 0 unspecified atom stereocenters. The normalized spacial score (nSPS) is 15.8. The van der Waals surface area contributed by atoms with Gasteiger partial charge in [-0.25, -0.2) is 4.79 Å². The summed E-state index contributed by atoms with van der Waals surface area (Å²) in [5.74, 6) is -0.322. The maximum Gasteiger partial charge on any atom is 0.401 e. The Morgan fingerprint density at radius 3 is 2.24 bits per heavy atom. The minimum atomic E-state index is -4.24. The number of hydrogen-bond acceptors (Lipinski definition) is 3. The van der Waals surface area contributed by atoms with Crippen LogP contribution in [0, 0.1) is 0 Å². The molecule has 1 fully saturated rings. The topological polar surface area (TPSA) is 64.7 Å². The first kappa shape index (κ1) is 19.5. The van der Waals surface area contributed by atoms with E-state index in [4.69, 9.17) is 0 Å². The average Bonchev–Trinajstić information content (AvgIpc) is 2.54. The van der Waals surface area contributed by atoms with E-state index >= 15 is 0 Å². The Labute approximate surface area is 151 Å². The number of amides is 3. The van der Waals surface area contributed by atoms with Crippen molar-refractivity contribution in [3.05, 3.63) is 28.7 Å². The lowest BCUT2D eigenvalue weighted by Crippen LogP contribution is -2.53. The molecule has 1 aliphatic heterocycles. The second kappa shape index (κ2) is 8.52. The number of piperazine rings is 1. The molecule has 0 aliphatic carbocycles. The zero-order valence-electron chi connectivity index (χ0n) is 13.3. The summed E-state index contributed by atoms with van der Waals surface area (Å²) in [4.78, 5) is 26.5. The van der Waals surface area contributed by atoms with Gasteiger partial charge >= 0.3 is 12.2 Å². The Balaban J connectivity index is 1.70. The molecule has 2 N–H and O–H groups in total. The third kappa shape index (κ3) is 6.91. The number of nitrogens with zero attached hydrogens (tertiary/aromatic N) is 2. The van der Waals surface area contributed by atoms with E-state index in [9.17, 15) is 22.8 Å². The SMILES string of the molecule is O=C(NCC(=O)N1CCN(CC(F)(F)F)CC1)Nc1ccc(Br)cc1. The van der Waals surface area contributed by atoms with Crippen LogP contribution in [0.25, 0.3) is 0 Å². The molecule has 0 aromatic heterocycles. The first-order valence-corrected chi connectivity index (χ1v) is 8.39. The van der Waals surface area contributed by atoms with Crippen LogP contribution in [-0.2, 0) is 4.79 Å². The number of halogens is 4. The number of carbonyl (C=O) groups excluding carboxylic acids is 2. The molecule has 10 heteroatoms. The Kier molecular flexibility index (Phi) is 6.65. The van der Waals surface area contributed by atoms with E-state index in [1.807, 2.05) is 0 Å². The van der Waals surface area contributed by atoms with Crippen molar-refractivity contribution in [3.63, 3.8) is 0 Å². The summed E-state index contributed by atoms with van der Waals surface area (Å²) in [7, 11) is 0. The molecule has 1 aromatic carbocycles. The van der Waals surface area contributed by atoms with Gasteiger partial charge in [-0.05, 0) is 24.3 Å². The van der Waals surface area contributed by atoms with E-state index in [1.54, 1.807) is 24.3 Å². The fourth-order valence-corrected chi connectivity index (χ4v) is 2.65. The molecule has 1 saturated heterocycles. The van der Waals surface area contributed by atoms with Crippen LogP contribution < -0.4 is 10.6 Å². The second-order valence-electron chi connectivity index (χ2n) is 5.59. The van der Waals surface area contributed by atoms with Crippen LogP contribution in [0.5, 0.6) is 0 Å². The lowest BCUT2D eigenvalue weighted by molar-refractivity contribution is -0.151. The van der Waals surface area contributed by atoms with Gasteiger partial charge < -0.3 is 15.5 Å². The van der Waals surface area contributed by atoms with Gasteiger partial charge in [-0.3, -0.25) is 9.69 Å². The monoisotopic (exact) mass is 422 g/mol. The predicted molar refractivity (Wildman–Crippen MR) is 90.2 cm³/mol. The van der Waals surface area contributed by atoms with Crippen molar-refractivity contribution in [1.82, 2.24) is 15.1 Å². The van der Waals surface area contributed by atoms with Gasteiger partial charge in [0.15, 0.2) is 0 Å². The summed E-state index contributed by atoms with van der Waals surface area (Å²) in [5.41, 5.74) is 0.578. The van der Waals surface area contributed by atoms with Gasteiger partial charge in [-0.2, -0.15) is 13.2 Å². The van der Waals surface area contributed by atoms with Gasteiger partial charge in [0.2, 0.25) is 5.91 Å². The number of alkyl halides is 3. The van der Waals surface area contributed by atoms with Crippen LogP contribution in [0.15, 0.2) is 28.7 Å². The van der Waals surface area contributed by atoms with Gasteiger partial charge in [-0.1, -0.05) is 15.9 Å². The molecular weight excluding hydrogens is 405 g/mol. The summed E-state index contributed by atoms with van der Waals surface area (Å²) in [6, 6.07) is 6.41. The Morgan fingerprint density at radius 1 is 1.08 bits per heavy atom. The molecule has 0 bridgehead atoms. The third-order valence-electron chi connectivity index (χ3n) is 3.63. The average molecular weight is 423 g/mol. The molecule has 0 saturated carbocycles. The summed E-state index contributed by atoms with van der Waals surface area (Å²) in [6.07, 6.45) is -4.24. The molecule has 1 heterocycles. The lowest BCUT2D eigenvalue weighted by atomic mass is 10.3. The highest BCUT2D eigenvalue weighted by atomic mass is 79.9. The second-order valence-corrected chi connectivity index (χ2v) is 6.50. The van der Waals surface area contributed by atoms with Crippen LogP contribution in [0.4, 0.5) is 23.7 Å². The smallest absolute Gasteiger partial charge is 0.339 e. The van der Waals surface area contributed by atoms with Gasteiger partial charge in [0, 0.05) is 36.3 Å². The molecular formula is C15H18BrF3N4O2. The Bertz CT molecular complexity index is 602. The lowest BCUT2D eigenvalue weighted by Gasteiger charge is -2.35. The molecule has 2 rings (SSSR count). The molecule has 25 heavy (non-hydrogen) atoms. The fraction of sp³-hybridized carbons (Fsp3) is 0.467. The molecule has 1 aromatic rings. The highest BCUT2D eigenvalue weighted by Gasteiger charge is 2.32. The highest BCUT2D eigenvalue weighted by Crippen LogP contribution is 2.17. The van der Waals surface area contributed by atoms with Crippen LogP contribution in [0.3, 0.4) is 0 Å². The predicted octanol–water partition coefficient (Wildman–Crippen LogP) is 2.28. The minimum Gasteiger partial charge on any atom is -0.339 e. The van der Waals surface area contributed by atoms with Crippen molar-refractivity contribution in [2.45, 2.75) is 6.18 Å². The zero-order valence-corrected chi connectivity index (χ0v) is 14.9. The summed E-state index contributed by atoms with van der Waals surface area (Å²) >= 11 is 3.28. The first-order chi connectivity index (χ1) is 11.7. The van der Waals surface area contributed by atoms with Crippen molar-refractivity contribution >= 4 is 33.6 Å². The van der Waals surface area contributed by atoms with Crippen LogP contribution in [-0.4, -0.2) is 67.2 Å². The number of benzene rings is 1. The summed E-state index contributed by atoms with van der Waals surface area (Å²) < 4.78 is 37.9. The largest absolute Gasteiger partial charge is 0.401 e. The van der Waals surface area contributed by atoms with Gasteiger partial charge in [0.05, 0.1) is 13.1 Å². The molecule has 0 radical (unpaired) electrons. The standard InChI is InChI=1S/C15H18BrF3N4O2/c16-11-1-3-12(4-2-11)21-14(25)20-9-13(24)23-7-5-22(6-8-23)10-15(17,18)19/h1-4H,5-10H2,(H2,20,21,25). The number of urea groups is 1. The van der Waals surface area contributed by atoms with Crippen molar-refractivity contribution in [2.75, 3.05) is 44.6 Å². The van der Waals surface area contributed by atoms with Crippen molar-refractivity contribution in [3.8, 4) is 0 Å². The first-order valence-electron chi connectivity index (χ1n) is 7.60. The van der Waals surface area contributed by atoms with Crippen LogP contribution in [0.1, 0.15) is 0 Å². The van der Waals surface area contributed by atoms with Crippen molar-refractivity contribution in [2.24, 2.45) is 0 Å². The molecule has 3 amide bonds. The summed E-state index contributed by atoms with van der Waals surface area (Å²) in [5, 5.41) is 5.03. The minimum absolute atomic E-state index is 0.163. The van der Waals surface area contributed by atoms with E-state index in [2.05, 4.69) is 26.6 Å². The van der Waals surface area contributed by atoms with Gasteiger partial charge in [0.1, 0.15) is 0 Å². The number of nitrogens with one attached hydrogen (secondary N) is 2. The molecule has 1 aliphatic rings. The number of anilines is 1. The maximum atomic E-state index is 12.3. The van der Waals surface area contributed by atoms with Gasteiger partial charge in [-0.15, -0.1) is 0 Å². The van der Waals surface area contributed by atoms with E-state index in [0.717, 1.165) is 4.47 Å². The third-order valence-corrected chi connectivity index (χ3v) is 4.16. The van der Waals surface area contributed by atoms with Gasteiger partial charge in [0.25, 0.3) is 0 Å². The molecule has 0 atom stereocenters. The van der Waals surface area contributed by atoms with Crippen molar-refractivity contribution < 1.29 is 22.8 Å². The number of rotatable bonds is 4. The number of hydrogen-bond donors (Lipinski definition) is 2. The zero-order chi connectivity index (χ0) is 18.4. The Morgan fingerprint density at radius 2 is 1.68 bits per heavy atom. The van der Waals surface area contributed by atoms with E-state index in [0.29, 0.717) is 5.69 Å². The molecule has 6 nitrogen and oxygen atoms in total.